The molecule has 0 aliphatic carbocycles. The number of aromatic nitrogens is 1. The zero-order valence-electron chi connectivity index (χ0n) is 26.0. The molecule has 15 heteroatoms. The number of pyridine rings is 1. The van der Waals surface area contributed by atoms with Crippen molar-refractivity contribution in [1.29, 1.82) is 0 Å². The highest BCUT2D eigenvalue weighted by Gasteiger charge is 2.38. The number of aliphatic hydroxyl groups excluding tert-OH is 1. The smallest absolute Gasteiger partial charge is 0.242 e. The summed E-state index contributed by atoms with van der Waals surface area (Å²) in [7, 11) is -0.786. The molecular weight excluding hydrogens is 656 g/mol. The van der Waals surface area contributed by atoms with E-state index in [-0.39, 0.29) is 46.4 Å². The van der Waals surface area contributed by atoms with E-state index in [1.165, 1.54) is 49.0 Å². The predicted molar refractivity (Wildman–Crippen MR) is 173 cm³/mol. The van der Waals surface area contributed by atoms with Gasteiger partial charge in [0.15, 0.2) is 0 Å². The molecule has 0 radical (unpaired) electrons. The Morgan fingerprint density at radius 1 is 1.17 bits per heavy atom. The molecule has 2 fully saturated rings. The highest BCUT2D eigenvalue weighted by molar-refractivity contribution is 7.89. The number of hydrogen-bond acceptors (Lipinski definition) is 9. The SMILES string of the molecule is COc1cc([C@H](c2ccc(Cl)c(F)c2)[C@H](NC(O)OC)C(=O)Nc2cccc(F)c2CCC2CNC3CCCS(=O)(=O)N2C3)ccn1. The van der Waals surface area contributed by atoms with E-state index in [9.17, 15) is 22.7 Å². The summed E-state index contributed by atoms with van der Waals surface area (Å²) in [4.78, 5) is 18.3. The van der Waals surface area contributed by atoms with Crippen LogP contribution in [0.3, 0.4) is 0 Å². The van der Waals surface area contributed by atoms with Crippen molar-refractivity contribution >= 4 is 33.2 Å². The Labute approximate surface area is 277 Å². The molecular formula is C32H38ClF2N5O6S. The van der Waals surface area contributed by atoms with E-state index in [1.807, 2.05) is 0 Å². The average Bonchev–Trinajstić information content (AvgIpc) is 3.17. The van der Waals surface area contributed by atoms with Crippen molar-refractivity contribution in [3.63, 3.8) is 0 Å². The lowest BCUT2D eigenvalue weighted by Crippen LogP contribution is -2.57. The van der Waals surface area contributed by atoms with E-state index >= 15 is 4.39 Å². The van der Waals surface area contributed by atoms with Crippen LogP contribution < -0.4 is 20.7 Å². The number of fused-ring (bicyclic) bond motifs is 2. The van der Waals surface area contributed by atoms with Crippen LogP contribution in [0.4, 0.5) is 14.5 Å². The molecule has 2 aliphatic heterocycles. The molecule has 6 atom stereocenters. The summed E-state index contributed by atoms with van der Waals surface area (Å²) in [5, 5.41) is 19.3. The van der Waals surface area contributed by atoms with E-state index < -0.39 is 45.9 Å². The largest absolute Gasteiger partial charge is 0.481 e. The van der Waals surface area contributed by atoms with Gasteiger partial charge in [-0.3, -0.25) is 10.1 Å². The number of ether oxygens (including phenoxy) is 2. The number of anilines is 1. The van der Waals surface area contributed by atoms with Crippen molar-refractivity contribution in [3.8, 4) is 5.88 Å². The number of nitrogens with one attached hydrogen (secondary N) is 3. The van der Waals surface area contributed by atoms with Crippen molar-refractivity contribution in [3.05, 3.63) is 88.1 Å². The quantitative estimate of drug-likeness (QED) is 0.210. The molecule has 4 N–H and O–H groups in total. The second-order valence-electron chi connectivity index (χ2n) is 11.6. The summed E-state index contributed by atoms with van der Waals surface area (Å²) >= 11 is 5.97. The number of methoxy groups -OCH3 is 2. The van der Waals surface area contributed by atoms with Gasteiger partial charge in [-0.05, 0) is 67.1 Å². The lowest BCUT2D eigenvalue weighted by atomic mass is 9.84. The Morgan fingerprint density at radius 2 is 1.96 bits per heavy atom. The molecule has 254 valence electrons. The molecule has 47 heavy (non-hydrogen) atoms. The minimum Gasteiger partial charge on any atom is -0.481 e. The third-order valence-corrected chi connectivity index (χ3v) is 10.9. The number of hydrogen-bond donors (Lipinski definition) is 4. The fraction of sp³-hybridized carbons (Fsp3) is 0.438. The van der Waals surface area contributed by atoms with E-state index in [0.717, 1.165) is 6.42 Å². The van der Waals surface area contributed by atoms with Crippen LogP contribution in [0.25, 0.3) is 0 Å². The molecule has 2 aliphatic rings. The van der Waals surface area contributed by atoms with Gasteiger partial charge in [-0.15, -0.1) is 0 Å². The van der Waals surface area contributed by atoms with Crippen LogP contribution in [-0.2, 0) is 26.0 Å². The number of carbonyl (C=O) groups is 1. The average molecular weight is 694 g/mol. The summed E-state index contributed by atoms with van der Waals surface area (Å²) in [5.74, 6) is -2.62. The first-order valence-corrected chi connectivity index (χ1v) is 17.2. The van der Waals surface area contributed by atoms with Gasteiger partial charge in [0.2, 0.25) is 28.2 Å². The van der Waals surface area contributed by atoms with Crippen LogP contribution in [-0.4, -0.2) is 86.3 Å². The zero-order chi connectivity index (χ0) is 33.7. The maximum absolute atomic E-state index is 15.4. The Hall–Kier alpha value is -3.24. The number of piperazine rings is 1. The van der Waals surface area contributed by atoms with Crippen molar-refractivity contribution in [2.24, 2.45) is 0 Å². The second kappa shape index (κ2) is 15.3. The van der Waals surface area contributed by atoms with Crippen LogP contribution in [0, 0.1) is 11.6 Å². The monoisotopic (exact) mass is 693 g/mol. The molecule has 11 nitrogen and oxygen atoms in total. The van der Waals surface area contributed by atoms with Crippen LogP contribution >= 0.6 is 11.6 Å². The third-order valence-electron chi connectivity index (χ3n) is 8.66. The number of benzene rings is 2. The maximum Gasteiger partial charge on any atom is 0.242 e. The number of aliphatic hydroxyl groups is 1. The van der Waals surface area contributed by atoms with E-state index in [1.54, 1.807) is 24.3 Å². The molecule has 5 rings (SSSR count). The van der Waals surface area contributed by atoms with Crippen LogP contribution in [0.1, 0.15) is 41.9 Å². The minimum absolute atomic E-state index is 0.0758. The lowest BCUT2D eigenvalue weighted by molar-refractivity contribution is -0.129. The first-order valence-electron chi connectivity index (χ1n) is 15.2. The van der Waals surface area contributed by atoms with Crippen molar-refractivity contribution in [2.75, 3.05) is 38.4 Å². The Balaban J connectivity index is 1.46. The van der Waals surface area contributed by atoms with E-state index in [2.05, 4.69) is 20.9 Å². The zero-order valence-corrected chi connectivity index (χ0v) is 27.5. The summed E-state index contributed by atoms with van der Waals surface area (Å²) in [5.41, 5.74) is 1.18. The summed E-state index contributed by atoms with van der Waals surface area (Å²) < 4.78 is 67.9. The standard InChI is InChI=1S/C32H38ClF2N5O6S/c1-45-28-16-20(12-13-36-28)29(19-8-11-24(33)26(35)15-19)30(39-32(42)46-2)31(41)38-27-7-3-6-25(34)23(27)10-9-22-17-37-21-5-4-14-47(43,44)40(22)18-21/h3,6-8,11-13,15-16,21-22,29-30,32,37,39,42H,4-5,9-10,14,17-18H2,1-2H3,(H,38,41)/t21?,22?,29-,30-,32?/m0/s1. The van der Waals surface area contributed by atoms with Gasteiger partial charge in [-0.1, -0.05) is 23.7 Å². The maximum atomic E-state index is 15.4. The molecule has 0 spiro atoms. The second-order valence-corrected chi connectivity index (χ2v) is 14.0. The normalized spacial score (nSPS) is 22.5. The minimum atomic E-state index is -3.45. The van der Waals surface area contributed by atoms with Gasteiger partial charge in [0, 0.05) is 61.7 Å². The first kappa shape index (κ1) is 35.1. The topological polar surface area (TPSA) is 142 Å². The summed E-state index contributed by atoms with van der Waals surface area (Å²) in [6.45, 7) is 0.811. The molecule has 3 heterocycles. The molecule has 1 amide bonds. The molecule has 4 unspecified atom stereocenters. The molecule has 1 aromatic heterocycles. The molecule has 2 bridgehead atoms. The van der Waals surface area contributed by atoms with Gasteiger partial charge in [0.05, 0.1) is 17.9 Å². The summed E-state index contributed by atoms with van der Waals surface area (Å²) in [6, 6.07) is 9.96. The number of sulfonamides is 1. The van der Waals surface area contributed by atoms with Gasteiger partial charge < -0.3 is 25.2 Å². The van der Waals surface area contributed by atoms with Gasteiger partial charge in [-0.2, -0.15) is 4.31 Å². The van der Waals surface area contributed by atoms with Gasteiger partial charge in [-0.25, -0.2) is 22.2 Å². The van der Waals surface area contributed by atoms with Crippen LogP contribution in [0.2, 0.25) is 5.02 Å². The van der Waals surface area contributed by atoms with Gasteiger partial charge in [0.25, 0.3) is 0 Å². The van der Waals surface area contributed by atoms with Crippen molar-refractivity contribution in [2.45, 2.75) is 56.1 Å². The first-order chi connectivity index (χ1) is 22.5. The van der Waals surface area contributed by atoms with E-state index in [4.69, 9.17) is 21.1 Å². The third kappa shape index (κ3) is 8.26. The fourth-order valence-electron chi connectivity index (χ4n) is 6.25. The van der Waals surface area contributed by atoms with Crippen LogP contribution in [0.15, 0.2) is 54.7 Å². The molecule has 3 aromatic rings. The Kier molecular flexibility index (Phi) is 11.4. The fourth-order valence-corrected chi connectivity index (χ4v) is 8.18. The Morgan fingerprint density at radius 3 is 2.70 bits per heavy atom. The number of carbonyl (C=O) groups excluding carboxylic acids is 1. The number of nitrogens with zero attached hydrogens (tertiary/aromatic N) is 2. The van der Waals surface area contributed by atoms with Gasteiger partial charge in [0.1, 0.15) is 17.7 Å². The number of rotatable bonds is 12. The van der Waals surface area contributed by atoms with Gasteiger partial charge >= 0.3 is 0 Å². The number of amides is 1. The lowest BCUT2D eigenvalue weighted by Gasteiger charge is -2.37. The van der Waals surface area contributed by atoms with E-state index in [0.29, 0.717) is 37.1 Å². The van der Waals surface area contributed by atoms with Crippen molar-refractivity contribution < 1.29 is 36.6 Å². The molecule has 2 aromatic carbocycles. The summed E-state index contributed by atoms with van der Waals surface area (Å²) in [6.07, 6.45) is 1.66. The van der Waals surface area contributed by atoms with Crippen molar-refractivity contribution in [1.82, 2.24) is 19.9 Å². The highest BCUT2D eigenvalue weighted by Crippen LogP contribution is 2.33. The van der Waals surface area contributed by atoms with Crippen LogP contribution in [0.5, 0.6) is 5.88 Å². The highest BCUT2D eigenvalue weighted by atomic mass is 35.5. The molecule has 2 saturated heterocycles. The Bertz CT molecular complexity index is 1690. The predicted octanol–water partition coefficient (Wildman–Crippen LogP) is 3.37. The number of halogens is 3. The molecule has 0 saturated carbocycles.